The molecule has 1 atom stereocenters. The largest absolute Gasteiger partial charge is 0.481 e. The molecule has 0 aliphatic carbocycles. The lowest BCUT2D eigenvalue weighted by Crippen LogP contribution is -2.11. The summed E-state index contributed by atoms with van der Waals surface area (Å²) in [4.78, 5) is 11.1. The number of unbranched alkanes of at least 4 members (excludes halogenated alkanes) is 1. The van der Waals surface area contributed by atoms with Crippen molar-refractivity contribution in [3.8, 4) is 12.3 Å². The molecule has 0 spiro atoms. The summed E-state index contributed by atoms with van der Waals surface area (Å²) >= 11 is 5.83. The summed E-state index contributed by atoms with van der Waals surface area (Å²) in [5.41, 5.74) is 0.733. The summed E-state index contributed by atoms with van der Waals surface area (Å²) in [6.45, 7) is 0. The molecule has 0 aliphatic rings. The highest BCUT2D eigenvalue weighted by atomic mass is 35.5. The van der Waals surface area contributed by atoms with E-state index in [4.69, 9.17) is 23.1 Å². The standard InChI is InChI=1S/C13H13ClO2/c1-2-3-4-8-12(13(15)16)10-6-5-7-11(14)9-10/h1,5-7,9,12H,3-4,8H2,(H,15,16). The number of rotatable bonds is 5. The van der Waals surface area contributed by atoms with Crippen molar-refractivity contribution < 1.29 is 9.90 Å². The van der Waals surface area contributed by atoms with Crippen molar-refractivity contribution in [2.75, 3.05) is 0 Å². The van der Waals surface area contributed by atoms with Crippen LogP contribution < -0.4 is 0 Å². The normalized spacial score (nSPS) is 11.8. The molecule has 1 aromatic rings. The van der Waals surface area contributed by atoms with Crippen LogP contribution in [0.3, 0.4) is 0 Å². The fourth-order valence-electron chi connectivity index (χ4n) is 1.56. The zero-order chi connectivity index (χ0) is 12.0. The van der Waals surface area contributed by atoms with Gasteiger partial charge in [-0.2, -0.15) is 0 Å². The van der Waals surface area contributed by atoms with Crippen LogP contribution in [0.4, 0.5) is 0 Å². The SMILES string of the molecule is C#CCCCC(C(=O)O)c1cccc(Cl)c1. The molecule has 16 heavy (non-hydrogen) atoms. The van der Waals surface area contributed by atoms with Crippen molar-refractivity contribution >= 4 is 17.6 Å². The highest BCUT2D eigenvalue weighted by Crippen LogP contribution is 2.24. The van der Waals surface area contributed by atoms with E-state index in [2.05, 4.69) is 5.92 Å². The molecule has 0 saturated carbocycles. The third-order valence-electron chi connectivity index (χ3n) is 2.36. The van der Waals surface area contributed by atoms with E-state index < -0.39 is 11.9 Å². The summed E-state index contributed by atoms with van der Waals surface area (Å²) in [6.07, 6.45) is 6.99. The lowest BCUT2D eigenvalue weighted by atomic mass is 9.94. The molecule has 0 bridgehead atoms. The quantitative estimate of drug-likeness (QED) is 0.629. The number of aliphatic carboxylic acids is 1. The van der Waals surface area contributed by atoms with Gasteiger partial charge in [-0.05, 0) is 30.5 Å². The van der Waals surface area contributed by atoms with Crippen LogP contribution in [0.5, 0.6) is 0 Å². The second kappa shape index (κ2) is 6.19. The summed E-state index contributed by atoms with van der Waals surface area (Å²) in [6, 6.07) is 6.96. The summed E-state index contributed by atoms with van der Waals surface area (Å²) < 4.78 is 0. The monoisotopic (exact) mass is 236 g/mol. The molecule has 0 aromatic heterocycles. The van der Waals surface area contributed by atoms with Crippen LogP contribution in [0.15, 0.2) is 24.3 Å². The average Bonchev–Trinajstić information content (AvgIpc) is 2.24. The molecule has 0 amide bonds. The molecule has 0 fully saturated rings. The molecule has 84 valence electrons. The molecule has 1 aromatic carbocycles. The van der Waals surface area contributed by atoms with E-state index in [0.29, 0.717) is 24.3 Å². The van der Waals surface area contributed by atoms with Gasteiger partial charge in [0.1, 0.15) is 0 Å². The molecule has 2 nitrogen and oxygen atoms in total. The first kappa shape index (κ1) is 12.6. The van der Waals surface area contributed by atoms with Crippen LogP contribution in [0.25, 0.3) is 0 Å². The lowest BCUT2D eigenvalue weighted by molar-refractivity contribution is -0.139. The Hall–Kier alpha value is -1.46. The highest BCUT2D eigenvalue weighted by molar-refractivity contribution is 6.30. The third kappa shape index (κ3) is 3.60. The number of hydrogen-bond donors (Lipinski definition) is 1. The second-order valence-electron chi connectivity index (χ2n) is 3.54. The Bertz CT molecular complexity index is 407. The minimum absolute atomic E-state index is 0.521. The maximum absolute atomic E-state index is 11.1. The molecular weight excluding hydrogens is 224 g/mol. The van der Waals surface area contributed by atoms with Gasteiger partial charge in [-0.3, -0.25) is 4.79 Å². The van der Waals surface area contributed by atoms with Crippen LogP contribution in [0, 0.1) is 12.3 Å². The van der Waals surface area contributed by atoms with Crippen LogP contribution in [-0.4, -0.2) is 11.1 Å². The fraction of sp³-hybridized carbons (Fsp3) is 0.308. The van der Waals surface area contributed by atoms with E-state index in [-0.39, 0.29) is 0 Å². The smallest absolute Gasteiger partial charge is 0.310 e. The summed E-state index contributed by atoms with van der Waals surface area (Å²) in [5.74, 6) is 1.15. The van der Waals surface area contributed by atoms with E-state index in [9.17, 15) is 4.79 Å². The Morgan fingerprint density at radius 1 is 1.56 bits per heavy atom. The number of halogens is 1. The van der Waals surface area contributed by atoms with E-state index in [1.165, 1.54) is 0 Å². The van der Waals surface area contributed by atoms with Gasteiger partial charge >= 0.3 is 5.97 Å². The van der Waals surface area contributed by atoms with Crippen molar-refractivity contribution in [3.63, 3.8) is 0 Å². The van der Waals surface area contributed by atoms with E-state index in [0.717, 1.165) is 5.56 Å². The molecule has 1 N–H and O–H groups in total. The second-order valence-corrected chi connectivity index (χ2v) is 3.98. The number of carbonyl (C=O) groups is 1. The highest BCUT2D eigenvalue weighted by Gasteiger charge is 2.19. The maximum atomic E-state index is 11.1. The summed E-state index contributed by atoms with van der Waals surface area (Å²) in [7, 11) is 0. The lowest BCUT2D eigenvalue weighted by Gasteiger charge is -2.12. The topological polar surface area (TPSA) is 37.3 Å². The van der Waals surface area contributed by atoms with Gasteiger partial charge in [-0.1, -0.05) is 23.7 Å². The number of terminal acetylenes is 1. The van der Waals surface area contributed by atoms with E-state index >= 15 is 0 Å². The minimum atomic E-state index is -0.834. The van der Waals surface area contributed by atoms with E-state index in [1.54, 1.807) is 24.3 Å². The molecule has 0 radical (unpaired) electrons. The van der Waals surface area contributed by atoms with Crippen molar-refractivity contribution in [1.82, 2.24) is 0 Å². The third-order valence-corrected chi connectivity index (χ3v) is 2.60. The van der Waals surface area contributed by atoms with Gasteiger partial charge in [0.25, 0.3) is 0 Å². The molecule has 1 rings (SSSR count). The van der Waals surface area contributed by atoms with Crippen LogP contribution in [0.1, 0.15) is 30.7 Å². The molecule has 1 unspecified atom stereocenters. The predicted molar refractivity (Wildman–Crippen MR) is 64.5 cm³/mol. The maximum Gasteiger partial charge on any atom is 0.310 e. The first-order chi connectivity index (χ1) is 7.65. The zero-order valence-corrected chi connectivity index (χ0v) is 9.57. The Kier molecular flexibility index (Phi) is 4.88. The minimum Gasteiger partial charge on any atom is -0.481 e. The fourth-order valence-corrected chi connectivity index (χ4v) is 1.76. The summed E-state index contributed by atoms with van der Waals surface area (Å²) in [5, 5.41) is 9.68. The van der Waals surface area contributed by atoms with Crippen LogP contribution in [0.2, 0.25) is 5.02 Å². The van der Waals surface area contributed by atoms with Crippen molar-refractivity contribution in [1.29, 1.82) is 0 Å². The van der Waals surface area contributed by atoms with Gasteiger partial charge in [0.05, 0.1) is 5.92 Å². The Morgan fingerprint density at radius 3 is 2.88 bits per heavy atom. The van der Waals surface area contributed by atoms with Gasteiger partial charge in [-0.25, -0.2) is 0 Å². The van der Waals surface area contributed by atoms with Gasteiger partial charge in [-0.15, -0.1) is 12.3 Å². The molecule has 0 aliphatic heterocycles. The van der Waals surface area contributed by atoms with Crippen molar-refractivity contribution in [2.24, 2.45) is 0 Å². The Morgan fingerprint density at radius 2 is 2.31 bits per heavy atom. The Labute approximate surface area is 100 Å². The molecular formula is C13H13ClO2. The molecule has 3 heteroatoms. The molecule has 0 heterocycles. The number of carboxylic acid groups (broad SMARTS) is 1. The van der Waals surface area contributed by atoms with Crippen molar-refractivity contribution in [3.05, 3.63) is 34.9 Å². The first-order valence-corrected chi connectivity index (χ1v) is 5.44. The van der Waals surface area contributed by atoms with Gasteiger partial charge in [0.2, 0.25) is 0 Å². The van der Waals surface area contributed by atoms with Gasteiger partial charge in [0, 0.05) is 11.4 Å². The van der Waals surface area contributed by atoms with Gasteiger partial charge in [0.15, 0.2) is 0 Å². The van der Waals surface area contributed by atoms with E-state index in [1.807, 2.05) is 0 Å². The first-order valence-electron chi connectivity index (χ1n) is 5.07. The molecule has 0 saturated heterocycles. The van der Waals surface area contributed by atoms with Gasteiger partial charge < -0.3 is 5.11 Å². The number of benzene rings is 1. The average molecular weight is 237 g/mol. The van der Waals surface area contributed by atoms with Crippen LogP contribution in [-0.2, 0) is 4.79 Å². The predicted octanol–water partition coefficient (Wildman–Crippen LogP) is 3.31. The number of hydrogen-bond acceptors (Lipinski definition) is 1. The zero-order valence-electron chi connectivity index (χ0n) is 8.82. The Balaban J connectivity index is 2.78. The number of carboxylic acids is 1. The van der Waals surface area contributed by atoms with Crippen LogP contribution >= 0.6 is 11.6 Å². The van der Waals surface area contributed by atoms with Crippen molar-refractivity contribution in [2.45, 2.75) is 25.2 Å².